The molecule has 3 N–H and O–H groups in total. The van der Waals surface area contributed by atoms with E-state index in [1.54, 1.807) is 26.4 Å². The van der Waals surface area contributed by atoms with Gasteiger partial charge >= 0.3 is 0 Å². The van der Waals surface area contributed by atoms with Crippen molar-refractivity contribution >= 4 is 22.7 Å². The first kappa shape index (κ1) is 20.0. The normalized spacial score (nSPS) is 14.8. The second-order valence-electron chi connectivity index (χ2n) is 7.38. The van der Waals surface area contributed by atoms with Gasteiger partial charge in [-0.2, -0.15) is 4.98 Å². The Balaban J connectivity index is 1.43. The maximum Gasteiger partial charge on any atom is 0.227 e. The summed E-state index contributed by atoms with van der Waals surface area (Å²) in [6.07, 6.45) is 0.960. The molecule has 8 nitrogen and oxygen atoms in total. The lowest BCUT2D eigenvalue weighted by Crippen LogP contribution is -2.47. The van der Waals surface area contributed by atoms with E-state index >= 15 is 0 Å². The van der Waals surface area contributed by atoms with Crippen LogP contribution in [0.1, 0.15) is 5.56 Å². The number of rotatable bonds is 6. The molecule has 1 fully saturated rings. The highest BCUT2D eigenvalue weighted by Crippen LogP contribution is 2.34. The molecule has 0 amide bonds. The van der Waals surface area contributed by atoms with E-state index < -0.39 is 0 Å². The smallest absolute Gasteiger partial charge is 0.227 e. The monoisotopic (exact) mass is 409 g/mol. The maximum atomic E-state index is 9.40. The minimum atomic E-state index is 0.304. The molecule has 1 aromatic heterocycles. The fourth-order valence-corrected chi connectivity index (χ4v) is 3.73. The summed E-state index contributed by atoms with van der Waals surface area (Å²) in [4.78, 5) is 13.9. The van der Waals surface area contributed by atoms with Crippen LogP contribution in [-0.2, 0) is 6.42 Å². The molecule has 0 spiro atoms. The molecule has 0 radical (unpaired) electrons. The Morgan fingerprint density at radius 1 is 0.967 bits per heavy atom. The molecule has 0 unspecified atom stereocenters. The standard InChI is InChI=1S/C22H27N5O3/c1-29-19-13-17-18(14-20(19)30-2)24-22(25-21(17)23)27-11-9-26(10-12-27)8-7-15-3-5-16(28)6-4-15/h3-6,13-14,28H,7-12H2,1-2H3,(H2,23,24,25). The summed E-state index contributed by atoms with van der Waals surface area (Å²) >= 11 is 0. The third kappa shape index (κ3) is 4.18. The average Bonchev–Trinajstić information content (AvgIpc) is 2.78. The van der Waals surface area contributed by atoms with Crippen LogP contribution >= 0.6 is 0 Å². The molecular weight excluding hydrogens is 382 g/mol. The van der Waals surface area contributed by atoms with E-state index in [1.807, 2.05) is 24.3 Å². The van der Waals surface area contributed by atoms with Crippen molar-refractivity contribution in [2.75, 3.05) is 57.6 Å². The molecule has 1 aliphatic rings. The minimum Gasteiger partial charge on any atom is -0.508 e. The van der Waals surface area contributed by atoms with Crippen LogP contribution in [-0.4, -0.2) is 66.9 Å². The Kier molecular flexibility index (Phi) is 5.76. The van der Waals surface area contributed by atoms with Gasteiger partial charge in [0.15, 0.2) is 11.5 Å². The van der Waals surface area contributed by atoms with Crippen LogP contribution in [0.3, 0.4) is 0 Å². The summed E-state index contributed by atoms with van der Waals surface area (Å²) in [6, 6.07) is 11.1. The van der Waals surface area contributed by atoms with E-state index in [1.165, 1.54) is 5.56 Å². The van der Waals surface area contributed by atoms with Gasteiger partial charge in [0.2, 0.25) is 5.95 Å². The Morgan fingerprint density at radius 2 is 1.63 bits per heavy atom. The zero-order valence-corrected chi connectivity index (χ0v) is 17.3. The summed E-state index contributed by atoms with van der Waals surface area (Å²) < 4.78 is 10.7. The van der Waals surface area contributed by atoms with E-state index in [2.05, 4.69) is 14.8 Å². The lowest BCUT2D eigenvalue weighted by Gasteiger charge is -2.34. The Labute approximate surface area is 175 Å². The highest BCUT2D eigenvalue weighted by molar-refractivity contribution is 5.91. The summed E-state index contributed by atoms with van der Waals surface area (Å²) in [7, 11) is 3.20. The molecule has 1 aliphatic heterocycles. The van der Waals surface area contributed by atoms with Gasteiger partial charge in [0.25, 0.3) is 0 Å². The molecule has 0 saturated carbocycles. The third-order valence-electron chi connectivity index (χ3n) is 5.53. The minimum absolute atomic E-state index is 0.304. The van der Waals surface area contributed by atoms with Gasteiger partial charge in [0, 0.05) is 44.2 Å². The Bertz CT molecular complexity index is 1020. The van der Waals surface area contributed by atoms with Crippen molar-refractivity contribution < 1.29 is 14.6 Å². The summed E-state index contributed by atoms with van der Waals surface area (Å²) in [5.41, 5.74) is 8.19. The van der Waals surface area contributed by atoms with Gasteiger partial charge in [-0.15, -0.1) is 0 Å². The number of aromatic nitrogens is 2. The summed E-state index contributed by atoms with van der Waals surface area (Å²) in [5.74, 6) is 2.61. The number of aromatic hydroxyl groups is 1. The van der Waals surface area contributed by atoms with Crippen LogP contribution in [0.25, 0.3) is 10.9 Å². The SMILES string of the molecule is COc1cc2nc(N3CCN(CCc4ccc(O)cc4)CC3)nc(N)c2cc1OC. The van der Waals surface area contributed by atoms with Crippen molar-refractivity contribution in [2.45, 2.75) is 6.42 Å². The van der Waals surface area contributed by atoms with Crippen LogP contribution in [0.2, 0.25) is 0 Å². The molecule has 8 heteroatoms. The topological polar surface area (TPSA) is 97.0 Å². The molecule has 3 aromatic rings. The predicted octanol–water partition coefficient (Wildman–Crippen LogP) is 2.30. The number of nitrogens with two attached hydrogens (primary N) is 1. The zero-order valence-electron chi connectivity index (χ0n) is 17.3. The van der Waals surface area contributed by atoms with Crippen LogP contribution in [0.5, 0.6) is 17.2 Å². The zero-order chi connectivity index (χ0) is 21.1. The third-order valence-corrected chi connectivity index (χ3v) is 5.53. The molecule has 0 aliphatic carbocycles. The van der Waals surface area contributed by atoms with Crippen LogP contribution < -0.4 is 20.1 Å². The van der Waals surface area contributed by atoms with E-state index in [9.17, 15) is 5.11 Å². The van der Waals surface area contributed by atoms with E-state index in [0.717, 1.165) is 50.0 Å². The first-order valence-electron chi connectivity index (χ1n) is 10.0. The number of phenols is 1. The van der Waals surface area contributed by atoms with Gasteiger partial charge in [-0.05, 0) is 30.2 Å². The molecule has 158 valence electrons. The molecule has 4 rings (SSSR count). The first-order chi connectivity index (χ1) is 14.6. The van der Waals surface area contributed by atoms with Gasteiger partial charge in [-0.25, -0.2) is 4.98 Å². The number of nitrogen functional groups attached to an aromatic ring is 1. The highest BCUT2D eigenvalue weighted by Gasteiger charge is 2.20. The molecule has 0 atom stereocenters. The largest absolute Gasteiger partial charge is 0.508 e. The summed E-state index contributed by atoms with van der Waals surface area (Å²) in [6.45, 7) is 4.54. The molecular formula is C22H27N5O3. The van der Waals surface area contributed by atoms with Gasteiger partial charge in [0.1, 0.15) is 11.6 Å². The van der Waals surface area contributed by atoms with Crippen LogP contribution in [0, 0.1) is 0 Å². The second-order valence-corrected chi connectivity index (χ2v) is 7.38. The average molecular weight is 409 g/mol. The second kappa shape index (κ2) is 8.62. The fraction of sp³-hybridized carbons (Fsp3) is 0.364. The number of hydrogen-bond acceptors (Lipinski definition) is 8. The number of ether oxygens (including phenoxy) is 2. The number of fused-ring (bicyclic) bond motifs is 1. The first-order valence-corrected chi connectivity index (χ1v) is 10.0. The number of nitrogens with zero attached hydrogens (tertiary/aromatic N) is 4. The molecule has 30 heavy (non-hydrogen) atoms. The molecule has 1 saturated heterocycles. The van der Waals surface area contributed by atoms with Crippen LogP contribution in [0.15, 0.2) is 36.4 Å². The van der Waals surface area contributed by atoms with E-state index in [-0.39, 0.29) is 0 Å². The van der Waals surface area contributed by atoms with Crippen molar-refractivity contribution in [1.29, 1.82) is 0 Å². The van der Waals surface area contributed by atoms with Gasteiger partial charge in [-0.3, -0.25) is 4.90 Å². The number of hydrogen-bond donors (Lipinski definition) is 2. The van der Waals surface area contributed by atoms with Crippen LogP contribution in [0.4, 0.5) is 11.8 Å². The number of benzene rings is 2. The van der Waals surface area contributed by atoms with Crippen molar-refractivity contribution in [3.63, 3.8) is 0 Å². The lowest BCUT2D eigenvalue weighted by molar-refractivity contribution is 0.260. The number of anilines is 2. The van der Waals surface area contributed by atoms with Gasteiger partial charge < -0.3 is 25.2 Å². The van der Waals surface area contributed by atoms with Gasteiger partial charge in [0.05, 0.1) is 19.7 Å². The number of piperazine rings is 1. The fourth-order valence-electron chi connectivity index (χ4n) is 3.73. The quantitative estimate of drug-likeness (QED) is 0.640. The predicted molar refractivity (Wildman–Crippen MR) is 118 cm³/mol. The van der Waals surface area contributed by atoms with E-state index in [4.69, 9.17) is 20.2 Å². The van der Waals surface area contributed by atoms with Crippen molar-refractivity contribution in [1.82, 2.24) is 14.9 Å². The molecule has 0 bridgehead atoms. The highest BCUT2D eigenvalue weighted by atomic mass is 16.5. The lowest BCUT2D eigenvalue weighted by atomic mass is 10.1. The van der Waals surface area contributed by atoms with E-state index in [0.29, 0.717) is 29.0 Å². The number of methoxy groups -OCH3 is 2. The molecule has 2 heterocycles. The Hall–Kier alpha value is -3.26. The van der Waals surface area contributed by atoms with Crippen molar-refractivity contribution in [3.8, 4) is 17.2 Å². The maximum absolute atomic E-state index is 9.40. The summed E-state index contributed by atoms with van der Waals surface area (Å²) in [5, 5.41) is 10.2. The number of phenolic OH excluding ortho intramolecular Hbond substituents is 1. The Morgan fingerprint density at radius 3 is 2.30 bits per heavy atom. The van der Waals surface area contributed by atoms with Gasteiger partial charge in [-0.1, -0.05) is 12.1 Å². The van der Waals surface area contributed by atoms with Crippen molar-refractivity contribution in [3.05, 3.63) is 42.0 Å². The molecule has 2 aromatic carbocycles. The van der Waals surface area contributed by atoms with Crippen molar-refractivity contribution in [2.24, 2.45) is 0 Å².